The Morgan fingerprint density at radius 1 is 1.36 bits per heavy atom. The largest absolute Gasteiger partial charge is 0.468 e. The SMILES string of the molecule is COCOc1ccc(C=CC#N)cc1. The van der Waals surface area contributed by atoms with Crippen molar-refractivity contribution in [3.05, 3.63) is 35.9 Å². The maximum absolute atomic E-state index is 8.32. The first-order valence-corrected chi connectivity index (χ1v) is 4.15. The predicted molar refractivity (Wildman–Crippen MR) is 53.6 cm³/mol. The second kappa shape index (κ2) is 5.79. The van der Waals surface area contributed by atoms with Crippen LogP contribution in [0.4, 0.5) is 0 Å². The zero-order valence-electron chi connectivity index (χ0n) is 7.93. The summed E-state index contributed by atoms with van der Waals surface area (Å²) in [5, 5.41) is 8.32. The lowest BCUT2D eigenvalue weighted by Crippen LogP contribution is -1.98. The standard InChI is InChI=1S/C11H11NO2/c1-13-9-14-11-6-4-10(5-7-11)3-2-8-12/h2-7H,9H2,1H3. The summed E-state index contributed by atoms with van der Waals surface area (Å²) in [7, 11) is 1.57. The fourth-order valence-electron chi connectivity index (χ4n) is 0.936. The third kappa shape index (κ3) is 3.30. The molecule has 0 unspecified atom stereocenters. The molecule has 0 N–H and O–H groups in total. The molecule has 0 atom stereocenters. The summed E-state index contributed by atoms with van der Waals surface area (Å²) in [5.41, 5.74) is 0.969. The van der Waals surface area contributed by atoms with Crippen molar-refractivity contribution >= 4 is 6.08 Å². The highest BCUT2D eigenvalue weighted by atomic mass is 16.7. The van der Waals surface area contributed by atoms with Crippen LogP contribution in [-0.4, -0.2) is 13.9 Å². The van der Waals surface area contributed by atoms with Gasteiger partial charge in [-0.05, 0) is 23.8 Å². The molecule has 0 spiro atoms. The van der Waals surface area contributed by atoms with Crippen LogP contribution in [0.2, 0.25) is 0 Å². The van der Waals surface area contributed by atoms with Gasteiger partial charge < -0.3 is 9.47 Å². The number of hydrogen-bond donors (Lipinski definition) is 0. The second-order valence-corrected chi connectivity index (χ2v) is 2.58. The Hall–Kier alpha value is -1.79. The van der Waals surface area contributed by atoms with Crippen molar-refractivity contribution in [2.24, 2.45) is 0 Å². The van der Waals surface area contributed by atoms with E-state index in [2.05, 4.69) is 0 Å². The molecule has 0 radical (unpaired) electrons. The molecule has 0 aliphatic carbocycles. The summed E-state index contributed by atoms with van der Waals surface area (Å²) >= 11 is 0. The third-order valence-electron chi connectivity index (χ3n) is 1.57. The minimum atomic E-state index is 0.243. The van der Waals surface area contributed by atoms with Crippen LogP contribution in [0.25, 0.3) is 6.08 Å². The van der Waals surface area contributed by atoms with Gasteiger partial charge in [0, 0.05) is 13.2 Å². The predicted octanol–water partition coefficient (Wildman–Crippen LogP) is 2.21. The average Bonchev–Trinajstić information content (AvgIpc) is 2.25. The van der Waals surface area contributed by atoms with Gasteiger partial charge in [0.25, 0.3) is 0 Å². The Bertz CT molecular complexity index is 335. The Balaban J connectivity index is 2.60. The number of allylic oxidation sites excluding steroid dienone is 1. The maximum atomic E-state index is 8.32. The van der Waals surface area contributed by atoms with E-state index in [9.17, 15) is 0 Å². The molecule has 1 rings (SSSR count). The van der Waals surface area contributed by atoms with Crippen LogP contribution >= 0.6 is 0 Å². The molecule has 1 aromatic carbocycles. The van der Waals surface area contributed by atoms with E-state index in [0.717, 1.165) is 11.3 Å². The van der Waals surface area contributed by atoms with Gasteiger partial charge in [0.15, 0.2) is 6.79 Å². The summed E-state index contributed by atoms with van der Waals surface area (Å²) in [5.74, 6) is 0.751. The number of ether oxygens (including phenoxy) is 2. The van der Waals surface area contributed by atoms with Gasteiger partial charge in [-0.3, -0.25) is 0 Å². The van der Waals surface area contributed by atoms with E-state index >= 15 is 0 Å². The second-order valence-electron chi connectivity index (χ2n) is 2.58. The number of hydrogen-bond acceptors (Lipinski definition) is 3. The molecule has 0 saturated carbocycles. The molecule has 0 heterocycles. The van der Waals surface area contributed by atoms with Crippen LogP contribution < -0.4 is 4.74 Å². The number of nitrogens with zero attached hydrogens (tertiary/aromatic N) is 1. The molecule has 0 saturated heterocycles. The normalized spacial score (nSPS) is 10.0. The van der Waals surface area contributed by atoms with Crippen LogP contribution in [0.1, 0.15) is 5.56 Å². The first-order valence-electron chi connectivity index (χ1n) is 4.15. The van der Waals surface area contributed by atoms with Gasteiger partial charge in [-0.15, -0.1) is 0 Å². The van der Waals surface area contributed by atoms with Crippen LogP contribution in [0.3, 0.4) is 0 Å². The van der Waals surface area contributed by atoms with E-state index in [1.165, 1.54) is 6.08 Å². The van der Waals surface area contributed by atoms with Gasteiger partial charge >= 0.3 is 0 Å². The topological polar surface area (TPSA) is 42.2 Å². The summed E-state index contributed by atoms with van der Waals surface area (Å²) in [6.07, 6.45) is 3.17. The quantitative estimate of drug-likeness (QED) is 0.538. The van der Waals surface area contributed by atoms with Gasteiger partial charge in [-0.25, -0.2) is 0 Å². The Kier molecular flexibility index (Phi) is 4.25. The van der Waals surface area contributed by atoms with E-state index in [1.807, 2.05) is 30.3 Å². The molecular weight excluding hydrogens is 178 g/mol. The average molecular weight is 189 g/mol. The van der Waals surface area contributed by atoms with Crippen molar-refractivity contribution in [1.29, 1.82) is 5.26 Å². The summed E-state index contributed by atoms with van der Waals surface area (Å²) in [4.78, 5) is 0. The minimum absolute atomic E-state index is 0.243. The van der Waals surface area contributed by atoms with E-state index < -0.39 is 0 Å². The highest BCUT2D eigenvalue weighted by Gasteiger charge is 1.91. The lowest BCUT2D eigenvalue weighted by molar-refractivity contribution is 0.0511. The molecule has 0 bridgehead atoms. The third-order valence-corrected chi connectivity index (χ3v) is 1.57. The monoisotopic (exact) mass is 189 g/mol. The van der Waals surface area contributed by atoms with Crippen molar-refractivity contribution in [2.45, 2.75) is 0 Å². The van der Waals surface area contributed by atoms with Crippen molar-refractivity contribution in [3.63, 3.8) is 0 Å². The van der Waals surface area contributed by atoms with E-state index in [-0.39, 0.29) is 6.79 Å². The summed E-state index contributed by atoms with van der Waals surface area (Å²) in [6.45, 7) is 0.243. The zero-order valence-corrected chi connectivity index (χ0v) is 7.93. The van der Waals surface area contributed by atoms with Crippen molar-refractivity contribution < 1.29 is 9.47 Å². The molecule has 0 aliphatic rings. The maximum Gasteiger partial charge on any atom is 0.188 e. The van der Waals surface area contributed by atoms with Crippen LogP contribution in [0.5, 0.6) is 5.75 Å². The highest BCUT2D eigenvalue weighted by molar-refractivity contribution is 5.52. The first-order chi connectivity index (χ1) is 6.86. The van der Waals surface area contributed by atoms with Crippen LogP contribution in [0, 0.1) is 11.3 Å². The van der Waals surface area contributed by atoms with Gasteiger partial charge in [0.1, 0.15) is 5.75 Å². The molecule has 3 nitrogen and oxygen atoms in total. The minimum Gasteiger partial charge on any atom is -0.468 e. The first kappa shape index (κ1) is 10.3. The molecule has 1 aromatic rings. The molecule has 14 heavy (non-hydrogen) atoms. The highest BCUT2D eigenvalue weighted by Crippen LogP contribution is 2.12. The molecule has 0 aliphatic heterocycles. The van der Waals surface area contributed by atoms with Gasteiger partial charge in [0.05, 0.1) is 6.07 Å². The summed E-state index contributed by atoms with van der Waals surface area (Å²) < 4.78 is 9.96. The molecular formula is C11H11NO2. The van der Waals surface area contributed by atoms with E-state index in [0.29, 0.717) is 0 Å². The van der Waals surface area contributed by atoms with Crippen LogP contribution in [-0.2, 0) is 4.74 Å². The number of methoxy groups -OCH3 is 1. The molecule has 3 heteroatoms. The lowest BCUT2D eigenvalue weighted by atomic mass is 10.2. The number of benzene rings is 1. The lowest BCUT2D eigenvalue weighted by Gasteiger charge is -2.03. The van der Waals surface area contributed by atoms with Gasteiger partial charge in [-0.1, -0.05) is 12.1 Å². The zero-order chi connectivity index (χ0) is 10.2. The van der Waals surface area contributed by atoms with Crippen LogP contribution in [0.15, 0.2) is 30.3 Å². The molecule has 72 valence electrons. The fraction of sp³-hybridized carbons (Fsp3) is 0.182. The molecule has 0 amide bonds. The molecule has 0 fully saturated rings. The fourth-order valence-corrected chi connectivity index (χ4v) is 0.936. The molecule has 0 aromatic heterocycles. The van der Waals surface area contributed by atoms with Gasteiger partial charge in [-0.2, -0.15) is 5.26 Å². The Morgan fingerprint density at radius 2 is 2.07 bits per heavy atom. The van der Waals surface area contributed by atoms with Crippen molar-refractivity contribution in [2.75, 3.05) is 13.9 Å². The Morgan fingerprint density at radius 3 is 2.64 bits per heavy atom. The van der Waals surface area contributed by atoms with E-state index in [4.69, 9.17) is 14.7 Å². The van der Waals surface area contributed by atoms with Crippen molar-refractivity contribution in [3.8, 4) is 11.8 Å². The Labute approximate surface area is 83.2 Å². The van der Waals surface area contributed by atoms with Gasteiger partial charge in [0.2, 0.25) is 0 Å². The van der Waals surface area contributed by atoms with E-state index in [1.54, 1.807) is 13.2 Å². The summed E-state index contributed by atoms with van der Waals surface area (Å²) in [6, 6.07) is 9.34. The number of rotatable bonds is 4. The number of nitriles is 1. The smallest absolute Gasteiger partial charge is 0.188 e. The van der Waals surface area contributed by atoms with Crippen molar-refractivity contribution in [1.82, 2.24) is 0 Å².